The summed E-state index contributed by atoms with van der Waals surface area (Å²) in [5.74, 6) is -0.517. The lowest BCUT2D eigenvalue weighted by atomic mass is 9.33. The summed E-state index contributed by atoms with van der Waals surface area (Å²) < 4.78 is 0. The molecule has 4 unspecified atom stereocenters. The lowest BCUT2D eigenvalue weighted by molar-refractivity contribution is -0.217. The van der Waals surface area contributed by atoms with E-state index in [1.165, 1.54) is 5.57 Å². The third-order valence-corrected chi connectivity index (χ3v) is 13.0. The molecule has 0 bridgehead atoms. The van der Waals surface area contributed by atoms with E-state index in [1.54, 1.807) is 0 Å². The maximum absolute atomic E-state index is 12.8. The van der Waals surface area contributed by atoms with Crippen molar-refractivity contribution in [3.05, 3.63) is 11.6 Å². The van der Waals surface area contributed by atoms with E-state index in [2.05, 4.69) is 40.7 Å². The van der Waals surface area contributed by atoms with Crippen LogP contribution in [0.15, 0.2) is 11.6 Å². The van der Waals surface area contributed by atoms with Crippen LogP contribution in [-0.4, -0.2) is 39.8 Å². The van der Waals surface area contributed by atoms with Crippen LogP contribution in [0, 0.1) is 50.2 Å². The first-order valence-corrected chi connectivity index (χ1v) is 13.9. The predicted molar refractivity (Wildman–Crippen MR) is 134 cm³/mol. The molecule has 0 aromatic heterocycles. The fourth-order valence-corrected chi connectivity index (χ4v) is 10.6. The van der Waals surface area contributed by atoms with E-state index in [9.17, 15) is 24.9 Å². The average Bonchev–Trinajstić information content (AvgIpc) is 2.76. The van der Waals surface area contributed by atoms with E-state index in [0.717, 1.165) is 44.8 Å². The number of aliphatic hydroxyl groups is 2. The molecular weight excluding hydrogens is 440 g/mol. The van der Waals surface area contributed by atoms with Gasteiger partial charge in [0.05, 0.1) is 17.6 Å². The number of carboxylic acid groups (broad SMARTS) is 1. The molecule has 196 valence electrons. The highest BCUT2D eigenvalue weighted by Gasteiger charge is 2.71. The summed E-state index contributed by atoms with van der Waals surface area (Å²) in [6, 6.07) is 0. The molecule has 0 aromatic rings. The molecule has 0 radical (unpaired) electrons. The molecule has 5 rings (SSSR count). The van der Waals surface area contributed by atoms with Gasteiger partial charge in [0.25, 0.3) is 0 Å². The zero-order chi connectivity index (χ0) is 25.8. The zero-order valence-electron chi connectivity index (χ0n) is 22.6. The molecule has 0 aromatic carbocycles. The van der Waals surface area contributed by atoms with Crippen LogP contribution in [0.25, 0.3) is 0 Å². The van der Waals surface area contributed by atoms with Crippen LogP contribution in [0.3, 0.4) is 0 Å². The summed E-state index contributed by atoms with van der Waals surface area (Å²) in [4.78, 5) is 25.1. The minimum Gasteiger partial charge on any atom is -0.481 e. The van der Waals surface area contributed by atoms with Gasteiger partial charge >= 0.3 is 5.97 Å². The molecule has 10 atom stereocenters. The summed E-state index contributed by atoms with van der Waals surface area (Å²) in [5.41, 5.74) is -0.934. The molecule has 5 aliphatic carbocycles. The number of hydrogen-bond donors (Lipinski definition) is 3. The van der Waals surface area contributed by atoms with Crippen LogP contribution >= 0.6 is 0 Å². The Hall–Kier alpha value is -1.20. The third kappa shape index (κ3) is 2.94. The van der Waals surface area contributed by atoms with Crippen molar-refractivity contribution in [1.82, 2.24) is 0 Å². The Labute approximate surface area is 210 Å². The normalized spacial score (nSPS) is 54.9. The first-order valence-electron chi connectivity index (χ1n) is 13.9. The van der Waals surface area contributed by atoms with Crippen molar-refractivity contribution in [2.75, 3.05) is 0 Å². The highest BCUT2D eigenvalue weighted by molar-refractivity contribution is 5.77. The summed E-state index contributed by atoms with van der Waals surface area (Å²) in [5, 5.41) is 33.0. The second-order valence-corrected chi connectivity index (χ2v) is 14.8. The summed E-state index contributed by atoms with van der Waals surface area (Å²) in [7, 11) is 0. The van der Waals surface area contributed by atoms with Crippen LogP contribution < -0.4 is 0 Å². The second-order valence-electron chi connectivity index (χ2n) is 14.8. The molecular formula is C30H46O5. The van der Waals surface area contributed by atoms with Gasteiger partial charge in [-0.1, -0.05) is 53.2 Å². The molecule has 0 saturated heterocycles. The number of aliphatic carboxylic acids is 1. The zero-order valence-corrected chi connectivity index (χ0v) is 22.6. The van der Waals surface area contributed by atoms with Crippen LogP contribution in [0.5, 0.6) is 0 Å². The maximum atomic E-state index is 12.8. The number of aliphatic hydroxyl groups excluding tert-OH is 2. The molecule has 4 fully saturated rings. The van der Waals surface area contributed by atoms with Crippen molar-refractivity contribution in [3.63, 3.8) is 0 Å². The van der Waals surface area contributed by atoms with Gasteiger partial charge in [0.1, 0.15) is 11.7 Å². The quantitative estimate of drug-likeness (QED) is 0.360. The van der Waals surface area contributed by atoms with Gasteiger partial charge in [0.2, 0.25) is 0 Å². The van der Waals surface area contributed by atoms with Crippen molar-refractivity contribution in [1.29, 1.82) is 0 Å². The molecule has 0 aliphatic heterocycles. The van der Waals surface area contributed by atoms with Gasteiger partial charge < -0.3 is 20.1 Å². The highest BCUT2D eigenvalue weighted by Crippen LogP contribution is 2.75. The third-order valence-electron chi connectivity index (χ3n) is 13.0. The van der Waals surface area contributed by atoms with Gasteiger partial charge in [-0.05, 0) is 97.2 Å². The van der Waals surface area contributed by atoms with Crippen molar-refractivity contribution in [2.45, 2.75) is 112 Å². The number of allylic oxidation sites excluding steroid dienone is 2. The Balaban J connectivity index is 1.63. The number of rotatable bonds is 2. The maximum Gasteiger partial charge on any atom is 0.312 e. The monoisotopic (exact) mass is 486 g/mol. The summed E-state index contributed by atoms with van der Waals surface area (Å²) in [6.45, 7) is 13.5. The van der Waals surface area contributed by atoms with Crippen molar-refractivity contribution >= 4 is 12.3 Å². The second kappa shape index (κ2) is 7.43. The van der Waals surface area contributed by atoms with E-state index in [4.69, 9.17) is 0 Å². The molecule has 3 N–H and O–H groups in total. The van der Waals surface area contributed by atoms with E-state index in [0.29, 0.717) is 25.2 Å². The van der Waals surface area contributed by atoms with E-state index < -0.39 is 29.0 Å². The SMILES string of the molecule is CC1(C)CC[C@@]2(C(=O)O)C(C1)C1=CCC3C4(C)CC[C@H](O)C(C)(C=O)[C@@H]4CC[C@@]3(C)[C@]1(C)C[C@@H]2O. The smallest absolute Gasteiger partial charge is 0.312 e. The lowest BCUT2D eigenvalue weighted by Gasteiger charge is -2.71. The number of hydrogen-bond acceptors (Lipinski definition) is 4. The van der Waals surface area contributed by atoms with Gasteiger partial charge in [0, 0.05) is 0 Å². The van der Waals surface area contributed by atoms with Gasteiger partial charge in [-0.3, -0.25) is 4.79 Å². The number of carboxylic acids is 1. The Kier molecular flexibility index (Phi) is 5.40. The van der Waals surface area contributed by atoms with Crippen molar-refractivity contribution in [2.24, 2.45) is 50.2 Å². The molecule has 0 amide bonds. The molecule has 0 spiro atoms. The van der Waals surface area contributed by atoms with Crippen LogP contribution in [0.1, 0.15) is 99.3 Å². The number of aldehydes is 1. The van der Waals surface area contributed by atoms with Crippen molar-refractivity contribution < 1.29 is 24.9 Å². The van der Waals surface area contributed by atoms with E-state index in [-0.39, 0.29) is 33.5 Å². The van der Waals surface area contributed by atoms with Gasteiger partial charge in [-0.15, -0.1) is 0 Å². The summed E-state index contributed by atoms with van der Waals surface area (Å²) >= 11 is 0. The Morgan fingerprint density at radius 3 is 2.23 bits per heavy atom. The molecule has 0 heterocycles. The fourth-order valence-electron chi connectivity index (χ4n) is 10.6. The standard InChI is InChI=1S/C30H46O5/c1-25(2)13-14-30(24(34)35)19(15-25)18-7-8-21-26(3)11-10-22(32)27(4,17-31)20(26)9-12-28(21,5)29(18,6)16-23(30)33/h7,17,19-23,32-33H,8-16H2,1-6H3,(H,34,35)/t19?,20-,21?,22+,23+,26?,27?,28-,29-,30-/m1/s1. The molecule has 35 heavy (non-hydrogen) atoms. The van der Waals surface area contributed by atoms with Crippen LogP contribution in [-0.2, 0) is 9.59 Å². The summed E-state index contributed by atoms with van der Waals surface area (Å²) in [6.07, 6.45) is 8.83. The Morgan fingerprint density at radius 2 is 1.60 bits per heavy atom. The molecule has 4 saturated carbocycles. The van der Waals surface area contributed by atoms with E-state index >= 15 is 0 Å². The van der Waals surface area contributed by atoms with Gasteiger partial charge in [-0.2, -0.15) is 0 Å². The van der Waals surface area contributed by atoms with Crippen LogP contribution in [0.2, 0.25) is 0 Å². The number of carbonyl (C=O) groups is 2. The lowest BCUT2D eigenvalue weighted by Crippen LogP contribution is -2.67. The highest BCUT2D eigenvalue weighted by atomic mass is 16.4. The van der Waals surface area contributed by atoms with Crippen molar-refractivity contribution in [3.8, 4) is 0 Å². The molecule has 5 heteroatoms. The van der Waals surface area contributed by atoms with E-state index in [1.807, 2.05) is 6.92 Å². The van der Waals surface area contributed by atoms with Gasteiger partial charge in [0.15, 0.2) is 0 Å². The fraction of sp³-hybridized carbons (Fsp3) is 0.867. The molecule has 5 aliphatic rings. The first-order chi connectivity index (χ1) is 16.1. The minimum absolute atomic E-state index is 0.0507. The predicted octanol–water partition coefficient (Wildman–Crippen LogP) is 5.38. The Bertz CT molecular complexity index is 970. The average molecular weight is 487 g/mol. The minimum atomic E-state index is -1.09. The first kappa shape index (κ1) is 25.4. The molecule has 5 nitrogen and oxygen atoms in total. The number of fused-ring (bicyclic) bond motifs is 7. The largest absolute Gasteiger partial charge is 0.481 e. The number of carbonyl (C=O) groups excluding carboxylic acids is 1. The topological polar surface area (TPSA) is 94.8 Å². The van der Waals surface area contributed by atoms with Gasteiger partial charge in [-0.25, -0.2) is 0 Å². The Morgan fingerprint density at radius 1 is 0.914 bits per heavy atom. The van der Waals surface area contributed by atoms with Crippen LogP contribution in [0.4, 0.5) is 0 Å².